The molecule has 0 unspecified atom stereocenters. The van der Waals surface area contributed by atoms with E-state index >= 15 is 0 Å². The summed E-state index contributed by atoms with van der Waals surface area (Å²) in [7, 11) is 0. The van der Waals surface area contributed by atoms with Gasteiger partial charge < -0.3 is 10.4 Å². The summed E-state index contributed by atoms with van der Waals surface area (Å²) >= 11 is 0. The standard InChI is InChI=1S/C16H15N5O2/c1-10-6-7-14(15(22)8-10)16(23)17-12-4-3-5-13(9-12)21-11(2)18-19-20-21/h3-9,22H,1-2H3,(H,17,23). The zero-order valence-corrected chi connectivity index (χ0v) is 12.7. The van der Waals surface area contributed by atoms with Crippen LogP contribution in [0.15, 0.2) is 42.5 Å². The monoisotopic (exact) mass is 309 g/mol. The number of anilines is 1. The Morgan fingerprint density at radius 2 is 2.00 bits per heavy atom. The zero-order valence-electron chi connectivity index (χ0n) is 12.7. The Balaban J connectivity index is 1.86. The fourth-order valence-electron chi connectivity index (χ4n) is 2.22. The molecule has 0 aliphatic carbocycles. The van der Waals surface area contributed by atoms with Crippen LogP contribution in [-0.4, -0.2) is 31.2 Å². The molecular formula is C16H15N5O2. The first-order chi connectivity index (χ1) is 11.0. The van der Waals surface area contributed by atoms with Crippen molar-refractivity contribution in [3.05, 3.63) is 59.4 Å². The predicted octanol–water partition coefficient (Wildman–Crippen LogP) is 2.24. The Morgan fingerprint density at radius 1 is 1.17 bits per heavy atom. The van der Waals surface area contributed by atoms with Gasteiger partial charge in [-0.05, 0) is 60.2 Å². The van der Waals surface area contributed by atoms with Gasteiger partial charge in [0.25, 0.3) is 5.91 Å². The van der Waals surface area contributed by atoms with Crippen LogP contribution in [0.25, 0.3) is 5.69 Å². The van der Waals surface area contributed by atoms with Crippen molar-refractivity contribution in [2.24, 2.45) is 0 Å². The first-order valence-electron chi connectivity index (χ1n) is 7.01. The number of nitrogens with zero attached hydrogens (tertiary/aromatic N) is 4. The minimum absolute atomic E-state index is 0.0463. The van der Waals surface area contributed by atoms with Crippen LogP contribution in [0.1, 0.15) is 21.7 Å². The van der Waals surface area contributed by atoms with Crippen LogP contribution in [0.3, 0.4) is 0 Å². The topological polar surface area (TPSA) is 92.9 Å². The fourth-order valence-corrected chi connectivity index (χ4v) is 2.22. The van der Waals surface area contributed by atoms with Crippen molar-refractivity contribution in [2.75, 3.05) is 5.32 Å². The fraction of sp³-hybridized carbons (Fsp3) is 0.125. The van der Waals surface area contributed by atoms with Crippen LogP contribution in [0.4, 0.5) is 5.69 Å². The van der Waals surface area contributed by atoms with Crippen LogP contribution in [0.5, 0.6) is 5.75 Å². The SMILES string of the molecule is Cc1ccc(C(=O)Nc2cccc(-n3nnnc3C)c2)c(O)c1. The lowest BCUT2D eigenvalue weighted by Gasteiger charge is -2.09. The number of aromatic nitrogens is 4. The molecule has 0 aliphatic rings. The van der Waals surface area contributed by atoms with Crippen molar-refractivity contribution in [3.8, 4) is 11.4 Å². The predicted molar refractivity (Wildman–Crippen MR) is 84.7 cm³/mol. The Labute approximate surface area is 132 Å². The number of hydrogen-bond acceptors (Lipinski definition) is 5. The van der Waals surface area contributed by atoms with Gasteiger partial charge in [-0.1, -0.05) is 12.1 Å². The van der Waals surface area contributed by atoms with E-state index in [-0.39, 0.29) is 17.2 Å². The van der Waals surface area contributed by atoms with E-state index in [2.05, 4.69) is 20.8 Å². The second-order valence-electron chi connectivity index (χ2n) is 5.16. The number of benzene rings is 2. The molecule has 0 radical (unpaired) electrons. The van der Waals surface area contributed by atoms with Gasteiger partial charge in [-0.2, -0.15) is 4.68 Å². The molecule has 0 saturated carbocycles. The minimum Gasteiger partial charge on any atom is -0.507 e. The van der Waals surface area contributed by atoms with E-state index in [1.165, 1.54) is 0 Å². The Morgan fingerprint density at radius 3 is 2.70 bits per heavy atom. The largest absolute Gasteiger partial charge is 0.507 e. The maximum atomic E-state index is 12.3. The smallest absolute Gasteiger partial charge is 0.259 e. The van der Waals surface area contributed by atoms with Crippen molar-refractivity contribution in [1.82, 2.24) is 20.2 Å². The van der Waals surface area contributed by atoms with Gasteiger partial charge >= 0.3 is 0 Å². The normalized spacial score (nSPS) is 10.5. The van der Waals surface area contributed by atoms with E-state index in [4.69, 9.17) is 0 Å². The summed E-state index contributed by atoms with van der Waals surface area (Å²) in [5.41, 5.74) is 2.43. The Hall–Kier alpha value is -3.22. The minimum atomic E-state index is -0.381. The summed E-state index contributed by atoms with van der Waals surface area (Å²) in [4.78, 5) is 12.3. The average molecular weight is 309 g/mol. The van der Waals surface area contributed by atoms with Crippen LogP contribution in [0.2, 0.25) is 0 Å². The highest BCUT2D eigenvalue weighted by Gasteiger charge is 2.12. The molecule has 0 spiro atoms. The molecule has 7 nitrogen and oxygen atoms in total. The summed E-state index contributed by atoms with van der Waals surface area (Å²) in [6.45, 7) is 3.63. The molecule has 0 fully saturated rings. The highest BCUT2D eigenvalue weighted by Crippen LogP contribution is 2.21. The van der Waals surface area contributed by atoms with Gasteiger partial charge in [-0.3, -0.25) is 4.79 Å². The number of aryl methyl sites for hydroxylation is 2. The highest BCUT2D eigenvalue weighted by atomic mass is 16.3. The molecule has 0 aliphatic heterocycles. The second kappa shape index (κ2) is 5.88. The summed E-state index contributed by atoms with van der Waals surface area (Å²) in [6, 6.07) is 12.1. The number of carbonyl (C=O) groups is 1. The molecule has 1 aromatic heterocycles. The summed E-state index contributed by atoms with van der Waals surface area (Å²) in [5.74, 6) is 0.215. The van der Waals surface area contributed by atoms with Crippen LogP contribution in [0, 0.1) is 13.8 Å². The van der Waals surface area contributed by atoms with E-state index in [0.717, 1.165) is 11.3 Å². The number of carbonyl (C=O) groups excluding carboxylic acids is 1. The number of rotatable bonds is 3. The molecular weight excluding hydrogens is 294 g/mol. The molecule has 3 aromatic rings. The Bertz CT molecular complexity index is 872. The number of aromatic hydroxyl groups is 1. The molecule has 7 heteroatoms. The maximum Gasteiger partial charge on any atom is 0.259 e. The van der Waals surface area contributed by atoms with Gasteiger partial charge in [0.2, 0.25) is 0 Å². The Kier molecular flexibility index (Phi) is 3.76. The van der Waals surface area contributed by atoms with Gasteiger partial charge in [0, 0.05) is 5.69 Å². The number of tetrazole rings is 1. The van der Waals surface area contributed by atoms with Crippen molar-refractivity contribution in [2.45, 2.75) is 13.8 Å². The summed E-state index contributed by atoms with van der Waals surface area (Å²) in [5, 5.41) is 24.0. The third kappa shape index (κ3) is 3.03. The quantitative estimate of drug-likeness (QED) is 0.774. The summed E-state index contributed by atoms with van der Waals surface area (Å²) < 4.78 is 1.57. The number of hydrogen-bond donors (Lipinski definition) is 2. The third-order valence-electron chi connectivity index (χ3n) is 3.37. The number of amides is 1. The lowest BCUT2D eigenvalue weighted by molar-refractivity contribution is 0.102. The molecule has 1 amide bonds. The first kappa shape index (κ1) is 14.7. The first-order valence-corrected chi connectivity index (χ1v) is 7.01. The summed E-state index contributed by atoms with van der Waals surface area (Å²) in [6.07, 6.45) is 0. The van der Waals surface area contributed by atoms with Gasteiger partial charge in [0.05, 0.1) is 11.3 Å². The van der Waals surface area contributed by atoms with Crippen molar-refractivity contribution < 1.29 is 9.90 Å². The molecule has 0 atom stereocenters. The van der Waals surface area contributed by atoms with Gasteiger partial charge in [-0.15, -0.1) is 5.10 Å². The van der Waals surface area contributed by atoms with Crippen LogP contribution >= 0.6 is 0 Å². The lowest BCUT2D eigenvalue weighted by Crippen LogP contribution is -2.12. The second-order valence-corrected chi connectivity index (χ2v) is 5.16. The molecule has 3 rings (SSSR count). The molecule has 2 aromatic carbocycles. The van der Waals surface area contributed by atoms with E-state index in [1.54, 1.807) is 48.0 Å². The molecule has 0 saturated heterocycles. The van der Waals surface area contributed by atoms with Crippen LogP contribution < -0.4 is 5.32 Å². The van der Waals surface area contributed by atoms with Crippen molar-refractivity contribution >= 4 is 11.6 Å². The molecule has 116 valence electrons. The lowest BCUT2D eigenvalue weighted by atomic mass is 10.1. The van der Waals surface area contributed by atoms with Crippen molar-refractivity contribution in [3.63, 3.8) is 0 Å². The number of phenolic OH excluding ortho intramolecular Hbond substituents is 1. The highest BCUT2D eigenvalue weighted by molar-refractivity contribution is 6.06. The number of phenols is 1. The van der Waals surface area contributed by atoms with E-state index in [0.29, 0.717) is 11.5 Å². The van der Waals surface area contributed by atoms with E-state index in [9.17, 15) is 9.90 Å². The van der Waals surface area contributed by atoms with Gasteiger partial charge in [-0.25, -0.2) is 0 Å². The number of nitrogens with one attached hydrogen (secondary N) is 1. The molecule has 0 bridgehead atoms. The third-order valence-corrected chi connectivity index (χ3v) is 3.37. The average Bonchev–Trinajstić information content (AvgIpc) is 2.93. The molecule has 23 heavy (non-hydrogen) atoms. The van der Waals surface area contributed by atoms with E-state index in [1.807, 2.05) is 13.0 Å². The zero-order chi connectivity index (χ0) is 16.4. The molecule has 2 N–H and O–H groups in total. The van der Waals surface area contributed by atoms with Gasteiger partial charge in [0.1, 0.15) is 5.75 Å². The van der Waals surface area contributed by atoms with Crippen LogP contribution in [-0.2, 0) is 0 Å². The van der Waals surface area contributed by atoms with E-state index < -0.39 is 0 Å². The van der Waals surface area contributed by atoms with Crippen molar-refractivity contribution in [1.29, 1.82) is 0 Å². The maximum absolute atomic E-state index is 12.3. The van der Waals surface area contributed by atoms with Gasteiger partial charge in [0.15, 0.2) is 5.82 Å². The molecule has 1 heterocycles.